The van der Waals surface area contributed by atoms with Crippen LogP contribution in [0.4, 0.5) is 4.79 Å². The van der Waals surface area contributed by atoms with E-state index in [2.05, 4.69) is 10.6 Å². The van der Waals surface area contributed by atoms with E-state index >= 15 is 0 Å². The molecule has 1 amide bonds. The van der Waals surface area contributed by atoms with Crippen LogP contribution < -0.4 is 10.6 Å². The minimum absolute atomic E-state index is 0. The molecule has 0 aliphatic carbocycles. The number of ether oxygens (including phenoxy) is 1. The number of alkyl carbamates (subject to hydrolysis) is 1. The number of hydrogen-bond donors (Lipinski definition) is 2. The second-order valence-corrected chi connectivity index (χ2v) is 5.08. The molecule has 1 rings (SSSR count). The molecule has 0 saturated carbocycles. The van der Waals surface area contributed by atoms with Crippen molar-refractivity contribution in [1.29, 1.82) is 0 Å². The van der Waals surface area contributed by atoms with Crippen molar-refractivity contribution in [3.63, 3.8) is 0 Å². The molecule has 0 aromatic carbocycles. The van der Waals surface area contributed by atoms with Gasteiger partial charge in [0.15, 0.2) is 0 Å². The number of amides is 1. The zero-order valence-electron chi connectivity index (χ0n) is 10.3. The van der Waals surface area contributed by atoms with E-state index in [9.17, 15) is 4.79 Å². The zero-order chi connectivity index (χ0) is 11.3. The van der Waals surface area contributed by atoms with Crippen LogP contribution in [0.25, 0.3) is 0 Å². The third-order valence-corrected chi connectivity index (χ3v) is 2.39. The van der Waals surface area contributed by atoms with Crippen LogP contribution in [0.15, 0.2) is 0 Å². The lowest BCUT2D eigenvalue weighted by Crippen LogP contribution is -2.38. The molecule has 1 heterocycles. The molecule has 1 saturated heterocycles. The minimum Gasteiger partial charge on any atom is -0.444 e. The Labute approximate surface area is 104 Å². The average Bonchev–Trinajstić information content (AvgIpc) is 2.14. The Morgan fingerprint density at radius 2 is 1.94 bits per heavy atom. The largest absolute Gasteiger partial charge is 0.444 e. The van der Waals surface area contributed by atoms with Gasteiger partial charge in [-0.15, -0.1) is 12.4 Å². The van der Waals surface area contributed by atoms with Gasteiger partial charge in [0.05, 0.1) is 0 Å². The number of halogens is 1. The second kappa shape index (κ2) is 6.97. The maximum Gasteiger partial charge on any atom is 0.407 e. The van der Waals surface area contributed by atoms with Crippen LogP contribution in [-0.4, -0.2) is 31.3 Å². The first-order valence-corrected chi connectivity index (χ1v) is 5.65. The van der Waals surface area contributed by atoms with Gasteiger partial charge in [-0.1, -0.05) is 0 Å². The highest BCUT2D eigenvalue weighted by Gasteiger charge is 2.18. The van der Waals surface area contributed by atoms with Crippen molar-refractivity contribution in [3.8, 4) is 0 Å². The summed E-state index contributed by atoms with van der Waals surface area (Å²) in [4.78, 5) is 11.4. The van der Waals surface area contributed by atoms with E-state index < -0.39 is 5.60 Å². The fraction of sp³-hybridized carbons (Fsp3) is 0.909. The molecule has 16 heavy (non-hydrogen) atoms. The van der Waals surface area contributed by atoms with Crippen molar-refractivity contribution in [3.05, 3.63) is 0 Å². The van der Waals surface area contributed by atoms with Gasteiger partial charge in [-0.25, -0.2) is 4.79 Å². The molecular weight excluding hydrogens is 228 g/mol. The summed E-state index contributed by atoms with van der Waals surface area (Å²) in [6.45, 7) is 8.46. The Morgan fingerprint density at radius 3 is 2.44 bits per heavy atom. The van der Waals surface area contributed by atoms with Gasteiger partial charge in [-0.2, -0.15) is 0 Å². The summed E-state index contributed by atoms with van der Waals surface area (Å²) in [6.07, 6.45) is 1.96. The van der Waals surface area contributed by atoms with Gasteiger partial charge >= 0.3 is 6.09 Å². The lowest BCUT2D eigenvalue weighted by Gasteiger charge is -2.24. The number of rotatable bonds is 2. The molecule has 5 heteroatoms. The summed E-state index contributed by atoms with van der Waals surface area (Å²) in [6, 6.07) is 0. The highest BCUT2D eigenvalue weighted by molar-refractivity contribution is 5.85. The Bertz CT molecular complexity index is 211. The van der Waals surface area contributed by atoms with Gasteiger partial charge < -0.3 is 15.4 Å². The standard InChI is InChI=1S/C11H22N2O2.ClH/c1-11(2,3)15-10(14)13-8-9-4-6-12-7-5-9;/h9,12H,4-8H2,1-3H3,(H,13,14);1H. The van der Waals surface area contributed by atoms with Crippen molar-refractivity contribution < 1.29 is 9.53 Å². The lowest BCUT2D eigenvalue weighted by molar-refractivity contribution is 0.0516. The molecule has 96 valence electrons. The molecule has 0 aromatic rings. The van der Waals surface area contributed by atoms with Gasteiger partial charge in [0, 0.05) is 6.54 Å². The third-order valence-electron chi connectivity index (χ3n) is 2.39. The van der Waals surface area contributed by atoms with E-state index in [0.717, 1.165) is 32.5 Å². The van der Waals surface area contributed by atoms with Gasteiger partial charge in [-0.3, -0.25) is 0 Å². The second-order valence-electron chi connectivity index (χ2n) is 5.08. The fourth-order valence-corrected chi connectivity index (χ4v) is 1.63. The fourth-order valence-electron chi connectivity index (χ4n) is 1.63. The van der Waals surface area contributed by atoms with E-state index in [1.54, 1.807) is 0 Å². The van der Waals surface area contributed by atoms with E-state index in [4.69, 9.17) is 4.74 Å². The third kappa shape index (κ3) is 6.90. The van der Waals surface area contributed by atoms with Gasteiger partial charge in [-0.05, 0) is 52.6 Å². The molecule has 1 aliphatic rings. The highest BCUT2D eigenvalue weighted by Crippen LogP contribution is 2.11. The Kier molecular flexibility index (Phi) is 6.76. The van der Waals surface area contributed by atoms with Crippen molar-refractivity contribution >= 4 is 18.5 Å². The predicted molar refractivity (Wildman–Crippen MR) is 67.1 cm³/mol. The van der Waals surface area contributed by atoms with Crippen molar-refractivity contribution in [2.75, 3.05) is 19.6 Å². The number of carbonyl (C=O) groups excluding carboxylic acids is 1. The van der Waals surface area contributed by atoms with Crippen LogP contribution in [0.5, 0.6) is 0 Å². The van der Waals surface area contributed by atoms with E-state index in [-0.39, 0.29) is 18.5 Å². The molecule has 0 unspecified atom stereocenters. The van der Waals surface area contributed by atoms with Crippen LogP contribution in [0.3, 0.4) is 0 Å². The van der Waals surface area contributed by atoms with Crippen LogP contribution >= 0.6 is 12.4 Å². The predicted octanol–water partition coefficient (Wildman–Crippen LogP) is 1.93. The van der Waals surface area contributed by atoms with Crippen LogP contribution in [0, 0.1) is 5.92 Å². The van der Waals surface area contributed by atoms with Gasteiger partial charge in [0.1, 0.15) is 5.60 Å². The summed E-state index contributed by atoms with van der Waals surface area (Å²) in [7, 11) is 0. The number of nitrogens with one attached hydrogen (secondary N) is 2. The molecule has 1 aliphatic heterocycles. The normalized spacial score (nSPS) is 17.4. The van der Waals surface area contributed by atoms with Crippen molar-refractivity contribution in [2.45, 2.75) is 39.2 Å². The minimum atomic E-state index is -0.405. The van der Waals surface area contributed by atoms with E-state index in [0.29, 0.717) is 5.92 Å². The maximum atomic E-state index is 11.4. The van der Waals surface area contributed by atoms with Crippen molar-refractivity contribution in [1.82, 2.24) is 10.6 Å². The number of carbonyl (C=O) groups is 1. The van der Waals surface area contributed by atoms with E-state index in [1.165, 1.54) is 0 Å². The highest BCUT2D eigenvalue weighted by atomic mass is 35.5. The quantitative estimate of drug-likeness (QED) is 0.788. The number of piperidine rings is 1. The molecule has 4 nitrogen and oxygen atoms in total. The molecular formula is C11H23ClN2O2. The molecule has 0 bridgehead atoms. The molecule has 0 radical (unpaired) electrons. The summed E-state index contributed by atoms with van der Waals surface area (Å²) >= 11 is 0. The maximum absolute atomic E-state index is 11.4. The molecule has 1 fully saturated rings. The summed E-state index contributed by atoms with van der Waals surface area (Å²) in [5, 5.41) is 6.12. The first kappa shape index (κ1) is 15.5. The molecule has 0 spiro atoms. The SMILES string of the molecule is CC(C)(C)OC(=O)NCC1CCNCC1.Cl. The number of hydrogen-bond acceptors (Lipinski definition) is 3. The monoisotopic (exact) mass is 250 g/mol. The van der Waals surface area contributed by atoms with Crippen LogP contribution in [0.2, 0.25) is 0 Å². The Hall–Kier alpha value is -0.480. The first-order valence-electron chi connectivity index (χ1n) is 5.65. The Morgan fingerprint density at radius 1 is 1.38 bits per heavy atom. The summed E-state index contributed by atoms with van der Waals surface area (Å²) < 4.78 is 5.16. The lowest BCUT2D eigenvalue weighted by atomic mass is 9.98. The van der Waals surface area contributed by atoms with Crippen molar-refractivity contribution in [2.24, 2.45) is 5.92 Å². The van der Waals surface area contributed by atoms with Gasteiger partial charge in [0.25, 0.3) is 0 Å². The topological polar surface area (TPSA) is 50.4 Å². The van der Waals surface area contributed by atoms with Gasteiger partial charge in [0.2, 0.25) is 0 Å². The van der Waals surface area contributed by atoms with Crippen LogP contribution in [0.1, 0.15) is 33.6 Å². The molecule has 2 N–H and O–H groups in total. The first-order chi connectivity index (χ1) is 6.97. The Balaban J connectivity index is 0.00000225. The zero-order valence-corrected chi connectivity index (χ0v) is 11.2. The average molecular weight is 251 g/mol. The summed E-state index contributed by atoms with van der Waals surface area (Å²) in [5.74, 6) is 0.596. The van der Waals surface area contributed by atoms with E-state index in [1.807, 2.05) is 20.8 Å². The van der Waals surface area contributed by atoms with Crippen LogP contribution in [-0.2, 0) is 4.74 Å². The smallest absolute Gasteiger partial charge is 0.407 e. The summed E-state index contributed by atoms with van der Waals surface area (Å²) in [5.41, 5.74) is -0.405. The molecule has 0 aromatic heterocycles. The molecule has 0 atom stereocenters.